The summed E-state index contributed by atoms with van der Waals surface area (Å²) in [5.41, 5.74) is 1.67. The number of rotatable bonds is 4. The number of ether oxygens (including phenoxy) is 1. The summed E-state index contributed by atoms with van der Waals surface area (Å²) in [6, 6.07) is 5.66. The largest absolute Gasteiger partial charge is 0.374 e. The first-order valence-electron chi connectivity index (χ1n) is 6.99. The fraction of sp³-hybridized carbons (Fsp3) is 0.533. The van der Waals surface area contributed by atoms with Crippen molar-refractivity contribution >= 4 is 21.8 Å². The SMILES string of the molecule is CCN1CCOC(CNC(=O)c2cccc(Br)c2C)C1. The summed E-state index contributed by atoms with van der Waals surface area (Å²) in [5.74, 6) is -0.0407. The molecule has 0 spiro atoms. The van der Waals surface area contributed by atoms with Gasteiger partial charge in [0.1, 0.15) is 0 Å². The summed E-state index contributed by atoms with van der Waals surface area (Å²) in [6.07, 6.45) is 0.0834. The van der Waals surface area contributed by atoms with Crippen LogP contribution in [0.25, 0.3) is 0 Å². The molecule has 4 nitrogen and oxygen atoms in total. The van der Waals surface area contributed by atoms with E-state index in [0.717, 1.165) is 36.3 Å². The van der Waals surface area contributed by atoms with Gasteiger partial charge in [0.25, 0.3) is 5.91 Å². The highest BCUT2D eigenvalue weighted by atomic mass is 79.9. The Balaban J connectivity index is 1.90. The molecule has 1 atom stereocenters. The van der Waals surface area contributed by atoms with Crippen LogP contribution >= 0.6 is 15.9 Å². The Labute approximate surface area is 128 Å². The number of hydrogen-bond acceptors (Lipinski definition) is 3. The van der Waals surface area contributed by atoms with Crippen molar-refractivity contribution < 1.29 is 9.53 Å². The number of carbonyl (C=O) groups is 1. The van der Waals surface area contributed by atoms with Crippen molar-refractivity contribution in [1.82, 2.24) is 10.2 Å². The quantitative estimate of drug-likeness (QED) is 0.913. The summed E-state index contributed by atoms with van der Waals surface area (Å²) in [4.78, 5) is 14.5. The van der Waals surface area contributed by atoms with Crippen molar-refractivity contribution in [2.24, 2.45) is 0 Å². The number of amides is 1. The minimum absolute atomic E-state index is 0.0407. The summed E-state index contributed by atoms with van der Waals surface area (Å²) in [7, 11) is 0. The van der Waals surface area contributed by atoms with Gasteiger partial charge >= 0.3 is 0 Å². The fourth-order valence-electron chi connectivity index (χ4n) is 2.35. The molecule has 0 bridgehead atoms. The Morgan fingerprint density at radius 2 is 2.35 bits per heavy atom. The lowest BCUT2D eigenvalue weighted by Gasteiger charge is -2.32. The Bertz CT molecular complexity index is 479. The molecule has 1 aliphatic rings. The van der Waals surface area contributed by atoms with Gasteiger partial charge in [-0.25, -0.2) is 0 Å². The van der Waals surface area contributed by atoms with E-state index in [1.165, 1.54) is 0 Å². The first-order valence-corrected chi connectivity index (χ1v) is 7.78. The molecule has 0 aliphatic carbocycles. The highest BCUT2D eigenvalue weighted by Crippen LogP contribution is 2.19. The van der Waals surface area contributed by atoms with Crippen LogP contribution in [0.3, 0.4) is 0 Å². The van der Waals surface area contributed by atoms with Gasteiger partial charge in [-0.05, 0) is 31.2 Å². The molecule has 1 saturated heterocycles. The molecule has 110 valence electrons. The summed E-state index contributed by atoms with van der Waals surface area (Å²) >= 11 is 3.45. The van der Waals surface area contributed by atoms with Crippen molar-refractivity contribution in [2.75, 3.05) is 32.8 Å². The van der Waals surface area contributed by atoms with E-state index >= 15 is 0 Å². The predicted octanol–water partition coefficient (Wildman–Crippen LogP) is 2.21. The lowest BCUT2D eigenvalue weighted by molar-refractivity contribution is -0.0246. The van der Waals surface area contributed by atoms with Gasteiger partial charge in [0, 0.05) is 29.7 Å². The van der Waals surface area contributed by atoms with E-state index in [0.29, 0.717) is 12.1 Å². The van der Waals surface area contributed by atoms with Gasteiger partial charge in [-0.15, -0.1) is 0 Å². The third kappa shape index (κ3) is 3.81. The van der Waals surface area contributed by atoms with Crippen LogP contribution in [0.15, 0.2) is 22.7 Å². The zero-order valence-electron chi connectivity index (χ0n) is 12.0. The second-order valence-electron chi connectivity index (χ2n) is 5.01. The summed E-state index contributed by atoms with van der Waals surface area (Å²) < 4.78 is 6.64. The van der Waals surface area contributed by atoms with Crippen molar-refractivity contribution in [3.8, 4) is 0 Å². The van der Waals surface area contributed by atoms with Crippen LogP contribution in [-0.2, 0) is 4.74 Å². The molecule has 1 fully saturated rings. The number of morpholine rings is 1. The molecule has 0 saturated carbocycles. The average molecular weight is 341 g/mol. The Morgan fingerprint density at radius 3 is 3.10 bits per heavy atom. The first-order chi connectivity index (χ1) is 9.61. The number of likely N-dealkylation sites (N-methyl/N-ethyl adjacent to an activating group) is 1. The lowest BCUT2D eigenvalue weighted by Crippen LogP contribution is -2.47. The monoisotopic (exact) mass is 340 g/mol. The minimum Gasteiger partial charge on any atom is -0.374 e. The van der Waals surface area contributed by atoms with E-state index in [2.05, 4.69) is 33.1 Å². The van der Waals surface area contributed by atoms with Gasteiger partial charge in [0.2, 0.25) is 0 Å². The number of halogens is 1. The van der Waals surface area contributed by atoms with E-state index in [4.69, 9.17) is 4.74 Å². The van der Waals surface area contributed by atoms with Gasteiger partial charge in [0.05, 0.1) is 12.7 Å². The number of hydrogen-bond donors (Lipinski definition) is 1. The van der Waals surface area contributed by atoms with Crippen LogP contribution in [-0.4, -0.2) is 49.7 Å². The van der Waals surface area contributed by atoms with Gasteiger partial charge in [-0.3, -0.25) is 9.69 Å². The zero-order valence-corrected chi connectivity index (χ0v) is 13.6. The third-order valence-electron chi connectivity index (χ3n) is 3.67. The standard InChI is InChI=1S/C15H21BrN2O2/c1-3-18-7-8-20-12(10-18)9-17-15(19)13-5-4-6-14(16)11(13)2/h4-6,12H,3,7-10H2,1-2H3,(H,17,19). The molecule has 1 aliphatic heterocycles. The maximum Gasteiger partial charge on any atom is 0.251 e. The average Bonchev–Trinajstić information content (AvgIpc) is 2.48. The molecule has 1 unspecified atom stereocenters. The van der Waals surface area contributed by atoms with Gasteiger partial charge in [-0.2, -0.15) is 0 Å². The van der Waals surface area contributed by atoms with Crippen molar-refractivity contribution in [3.05, 3.63) is 33.8 Å². The summed E-state index contributed by atoms with van der Waals surface area (Å²) in [6.45, 7) is 8.27. The van der Waals surface area contributed by atoms with Gasteiger partial charge < -0.3 is 10.1 Å². The van der Waals surface area contributed by atoms with Gasteiger partial charge in [-0.1, -0.05) is 28.9 Å². The molecule has 0 radical (unpaired) electrons. The normalized spacial score (nSPS) is 19.9. The van der Waals surface area contributed by atoms with E-state index < -0.39 is 0 Å². The van der Waals surface area contributed by atoms with Crippen LogP contribution in [0.1, 0.15) is 22.8 Å². The topological polar surface area (TPSA) is 41.6 Å². The van der Waals surface area contributed by atoms with Crippen molar-refractivity contribution in [3.63, 3.8) is 0 Å². The molecule has 0 aromatic heterocycles. The van der Waals surface area contributed by atoms with E-state index in [1.54, 1.807) is 0 Å². The molecular weight excluding hydrogens is 320 g/mol. The number of carbonyl (C=O) groups excluding carboxylic acids is 1. The molecule has 1 aromatic carbocycles. The minimum atomic E-state index is -0.0407. The maximum atomic E-state index is 12.2. The third-order valence-corrected chi connectivity index (χ3v) is 4.53. The van der Waals surface area contributed by atoms with Crippen LogP contribution in [0, 0.1) is 6.92 Å². The van der Waals surface area contributed by atoms with Crippen molar-refractivity contribution in [2.45, 2.75) is 20.0 Å². The Kier molecular flexibility index (Phi) is 5.57. The van der Waals surface area contributed by atoms with Crippen LogP contribution in [0.2, 0.25) is 0 Å². The Morgan fingerprint density at radius 1 is 1.55 bits per heavy atom. The van der Waals surface area contributed by atoms with Gasteiger partial charge in [0.15, 0.2) is 0 Å². The summed E-state index contributed by atoms with van der Waals surface area (Å²) in [5, 5.41) is 2.97. The molecule has 1 heterocycles. The first kappa shape index (κ1) is 15.5. The Hall–Kier alpha value is -0.910. The molecule has 20 heavy (non-hydrogen) atoms. The van der Waals surface area contributed by atoms with Crippen molar-refractivity contribution in [1.29, 1.82) is 0 Å². The molecule has 2 rings (SSSR count). The van der Waals surface area contributed by atoms with E-state index in [1.807, 2.05) is 25.1 Å². The van der Waals surface area contributed by atoms with Crippen LogP contribution < -0.4 is 5.32 Å². The molecule has 1 amide bonds. The predicted molar refractivity (Wildman–Crippen MR) is 83.1 cm³/mol. The molecule has 1 N–H and O–H groups in total. The number of nitrogens with zero attached hydrogens (tertiary/aromatic N) is 1. The molecule has 1 aromatic rings. The molecular formula is C15H21BrN2O2. The van der Waals surface area contributed by atoms with E-state index in [-0.39, 0.29) is 12.0 Å². The van der Waals surface area contributed by atoms with Crippen LogP contribution in [0.5, 0.6) is 0 Å². The van der Waals surface area contributed by atoms with Crippen LogP contribution in [0.4, 0.5) is 0 Å². The highest BCUT2D eigenvalue weighted by Gasteiger charge is 2.20. The van der Waals surface area contributed by atoms with E-state index in [9.17, 15) is 4.79 Å². The fourth-order valence-corrected chi connectivity index (χ4v) is 2.71. The number of nitrogens with one attached hydrogen (secondary N) is 1. The maximum absolute atomic E-state index is 12.2. The smallest absolute Gasteiger partial charge is 0.251 e. The highest BCUT2D eigenvalue weighted by molar-refractivity contribution is 9.10. The second kappa shape index (κ2) is 7.20. The lowest BCUT2D eigenvalue weighted by atomic mass is 10.1. The number of benzene rings is 1. The zero-order chi connectivity index (χ0) is 14.5. The second-order valence-corrected chi connectivity index (χ2v) is 5.86. The molecule has 5 heteroatoms.